The maximum Gasteiger partial charge on any atom is 0.337 e. The van der Waals surface area contributed by atoms with Gasteiger partial charge in [-0.3, -0.25) is 0 Å². The first-order valence-corrected chi connectivity index (χ1v) is 8.58. The van der Waals surface area contributed by atoms with Crippen LogP contribution in [0.4, 0.5) is 10.5 Å². The van der Waals surface area contributed by atoms with E-state index in [0.717, 1.165) is 5.75 Å². The van der Waals surface area contributed by atoms with Crippen molar-refractivity contribution in [3.63, 3.8) is 0 Å². The summed E-state index contributed by atoms with van der Waals surface area (Å²) in [5, 5.41) is 11.8. The monoisotopic (exact) mass is 424 g/mol. The lowest BCUT2D eigenvalue weighted by molar-refractivity contribution is 0.0698. The first-order valence-electron chi connectivity index (χ1n) is 5.60. The van der Waals surface area contributed by atoms with Crippen molar-refractivity contribution < 1.29 is 14.7 Å². The van der Waals surface area contributed by atoms with Gasteiger partial charge in [-0.05, 0) is 34.3 Å². The van der Waals surface area contributed by atoms with E-state index in [4.69, 9.17) is 0 Å². The van der Waals surface area contributed by atoms with Crippen molar-refractivity contribution in [2.24, 2.45) is 0 Å². The van der Waals surface area contributed by atoms with Gasteiger partial charge >= 0.3 is 12.0 Å². The Balaban J connectivity index is 2.97. The third-order valence-corrected chi connectivity index (χ3v) is 4.17. The molecule has 2 amide bonds. The number of carbonyl (C=O) groups is 2. The molecule has 0 spiro atoms. The van der Waals surface area contributed by atoms with E-state index in [0.29, 0.717) is 15.5 Å². The third-order valence-electron chi connectivity index (χ3n) is 2.49. The number of anilines is 1. The van der Waals surface area contributed by atoms with E-state index in [-0.39, 0.29) is 17.3 Å². The zero-order valence-corrected chi connectivity index (χ0v) is 14.9. The van der Waals surface area contributed by atoms with Gasteiger partial charge in [-0.1, -0.05) is 15.9 Å². The summed E-state index contributed by atoms with van der Waals surface area (Å²) in [5.41, 5.74) is 0.277. The summed E-state index contributed by atoms with van der Waals surface area (Å²) in [5.74, 6) is -0.286. The molecular weight excluding hydrogens is 412 g/mol. The molecule has 1 aromatic carbocycles. The Hall–Kier alpha value is -0.730. The summed E-state index contributed by atoms with van der Waals surface area (Å²) in [7, 11) is 1.67. The van der Waals surface area contributed by atoms with Crippen LogP contribution in [0.5, 0.6) is 0 Å². The van der Waals surface area contributed by atoms with E-state index in [1.165, 1.54) is 11.0 Å². The van der Waals surface area contributed by atoms with Gasteiger partial charge in [0, 0.05) is 28.3 Å². The second-order valence-electron chi connectivity index (χ2n) is 3.96. The molecule has 1 rings (SSSR count). The highest BCUT2D eigenvalue weighted by Gasteiger charge is 2.18. The van der Waals surface area contributed by atoms with Crippen molar-refractivity contribution in [2.45, 2.75) is 0 Å². The van der Waals surface area contributed by atoms with Gasteiger partial charge in [0.2, 0.25) is 0 Å². The smallest absolute Gasteiger partial charge is 0.337 e. The Kier molecular flexibility index (Phi) is 6.84. The van der Waals surface area contributed by atoms with Gasteiger partial charge in [0.1, 0.15) is 0 Å². The number of rotatable bonds is 5. The van der Waals surface area contributed by atoms with Crippen LogP contribution in [-0.4, -0.2) is 47.6 Å². The molecule has 0 saturated heterocycles. The SMILES string of the molecule is CSCCN(C)C(=O)Nc1c(Br)cc(Br)cc1C(=O)O. The van der Waals surface area contributed by atoms with Crippen LogP contribution in [0.2, 0.25) is 0 Å². The van der Waals surface area contributed by atoms with E-state index in [2.05, 4.69) is 37.2 Å². The van der Waals surface area contributed by atoms with E-state index in [1.54, 1.807) is 24.9 Å². The molecule has 0 aromatic heterocycles. The number of aromatic carboxylic acids is 1. The van der Waals surface area contributed by atoms with Crippen LogP contribution in [0.1, 0.15) is 10.4 Å². The van der Waals surface area contributed by atoms with Crippen LogP contribution in [0.25, 0.3) is 0 Å². The number of carboxylic acid groups (broad SMARTS) is 1. The van der Waals surface area contributed by atoms with Gasteiger partial charge in [0.15, 0.2) is 0 Å². The Morgan fingerprint density at radius 2 is 2.05 bits per heavy atom. The number of nitrogens with one attached hydrogen (secondary N) is 1. The zero-order valence-electron chi connectivity index (χ0n) is 10.9. The number of thioether (sulfide) groups is 1. The van der Waals surface area contributed by atoms with Crippen LogP contribution in [0.3, 0.4) is 0 Å². The predicted octanol–water partition coefficient (Wildman–Crippen LogP) is 3.74. The van der Waals surface area contributed by atoms with Gasteiger partial charge < -0.3 is 15.3 Å². The molecule has 110 valence electrons. The van der Waals surface area contributed by atoms with Gasteiger partial charge in [-0.2, -0.15) is 11.8 Å². The largest absolute Gasteiger partial charge is 0.478 e. The molecule has 0 atom stereocenters. The van der Waals surface area contributed by atoms with Crippen LogP contribution < -0.4 is 5.32 Å². The summed E-state index contributed by atoms with van der Waals surface area (Å²) in [4.78, 5) is 24.8. The average Bonchev–Trinajstić information content (AvgIpc) is 2.38. The van der Waals surface area contributed by atoms with Gasteiger partial charge in [0.05, 0.1) is 11.3 Å². The highest BCUT2D eigenvalue weighted by Crippen LogP contribution is 2.31. The Labute approximate surface area is 138 Å². The first-order chi connectivity index (χ1) is 9.36. The van der Waals surface area contributed by atoms with Crippen molar-refractivity contribution >= 4 is 61.3 Å². The molecule has 8 heteroatoms. The topological polar surface area (TPSA) is 69.6 Å². The van der Waals surface area contributed by atoms with Crippen LogP contribution in [-0.2, 0) is 0 Å². The number of hydrogen-bond acceptors (Lipinski definition) is 3. The molecule has 1 aromatic rings. The fourth-order valence-electron chi connectivity index (χ4n) is 1.40. The minimum Gasteiger partial charge on any atom is -0.478 e. The quantitative estimate of drug-likeness (QED) is 0.753. The number of urea groups is 1. The van der Waals surface area contributed by atoms with Crippen LogP contribution in [0.15, 0.2) is 21.1 Å². The fourth-order valence-corrected chi connectivity index (χ4v) is 3.18. The Bertz CT molecular complexity index is 526. The summed E-state index contributed by atoms with van der Waals surface area (Å²) >= 11 is 8.13. The number of amides is 2. The molecule has 0 aliphatic heterocycles. The third kappa shape index (κ3) is 4.68. The minimum absolute atomic E-state index is 0.0258. The zero-order chi connectivity index (χ0) is 15.3. The number of carboxylic acids is 1. The summed E-state index contributed by atoms with van der Waals surface area (Å²) in [6.45, 7) is 0.587. The van der Waals surface area contributed by atoms with Crippen molar-refractivity contribution in [1.82, 2.24) is 4.90 Å². The first kappa shape index (κ1) is 17.3. The highest BCUT2D eigenvalue weighted by atomic mass is 79.9. The number of nitrogens with zero attached hydrogens (tertiary/aromatic N) is 1. The van der Waals surface area contributed by atoms with Crippen LogP contribution >= 0.6 is 43.6 Å². The Morgan fingerprint density at radius 3 is 2.60 bits per heavy atom. The maximum absolute atomic E-state index is 12.0. The summed E-state index contributed by atoms with van der Waals surface area (Å²) < 4.78 is 1.13. The summed E-state index contributed by atoms with van der Waals surface area (Å²) in [6, 6.07) is 2.79. The average molecular weight is 426 g/mol. The molecule has 0 bridgehead atoms. The molecule has 0 unspecified atom stereocenters. The second kappa shape index (κ2) is 7.90. The fraction of sp³-hybridized carbons (Fsp3) is 0.333. The van der Waals surface area contributed by atoms with Gasteiger partial charge in [-0.25, -0.2) is 9.59 Å². The minimum atomic E-state index is -1.10. The molecule has 0 aliphatic rings. The van der Waals surface area contributed by atoms with Crippen molar-refractivity contribution in [3.8, 4) is 0 Å². The predicted molar refractivity (Wildman–Crippen MR) is 88.8 cm³/mol. The van der Waals surface area contributed by atoms with E-state index in [9.17, 15) is 14.7 Å². The Morgan fingerprint density at radius 1 is 1.40 bits per heavy atom. The van der Waals surface area contributed by atoms with Crippen LogP contribution in [0, 0.1) is 0 Å². The highest BCUT2D eigenvalue weighted by molar-refractivity contribution is 9.11. The molecule has 0 heterocycles. The number of hydrogen-bond donors (Lipinski definition) is 2. The number of halogens is 2. The molecule has 0 fully saturated rings. The van der Waals surface area contributed by atoms with Crippen molar-refractivity contribution in [2.75, 3.05) is 30.9 Å². The summed E-state index contributed by atoms with van der Waals surface area (Å²) in [6.07, 6.45) is 1.96. The molecule has 2 N–H and O–H groups in total. The molecule has 0 saturated carbocycles. The molecule has 0 radical (unpaired) electrons. The lowest BCUT2D eigenvalue weighted by Gasteiger charge is -2.19. The second-order valence-corrected chi connectivity index (χ2v) is 6.72. The number of benzene rings is 1. The molecule has 20 heavy (non-hydrogen) atoms. The van der Waals surface area contributed by atoms with E-state index >= 15 is 0 Å². The van der Waals surface area contributed by atoms with E-state index in [1.807, 2.05) is 6.26 Å². The molecule has 5 nitrogen and oxygen atoms in total. The van der Waals surface area contributed by atoms with Gasteiger partial charge in [0.25, 0.3) is 0 Å². The van der Waals surface area contributed by atoms with Gasteiger partial charge in [-0.15, -0.1) is 0 Å². The lowest BCUT2D eigenvalue weighted by atomic mass is 10.2. The lowest BCUT2D eigenvalue weighted by Crippen LogP contribution is -2.33. The van der Waals surface area contributed by atoms with Crippen molar-refractivity contribution in [1.29, 1.82) is 0 Å². The van der Waals surface area contributed by atoms with Crippen molar-refractivity contribution in [3.05, 3.63) is 26.6 Å². The number of carbonyl (C=O) groups excluding carboxylic acids is 1. The molecular formula is C12H14Br2N2O3S. The van der Waals surface area contributed by atoms with E-state index < -0.39 is 5.97 Å². The molecule has 0 aliphatic carbocycles. The standard InChI is InChI=1S/C12H14Br2N2O3S/c1-16(3-4-20-2)12(19)15-10-8(11(17)18)5-7(13)6-9(10)14/h5-6H,3-4H2,1-2H3,(H,15,19)(H,17,18). The normalized spacial score (nSPS) is 10.2. The maximum atomic E-state index is 12.0.